The Morgan fingerprint density at radius 1 is 0.909 bits per heavy atom. The summed E-state index contributed by atoms with van der Waals surface area (Å²) < 4.78 is 5.51. The van der Waals surface area contributed by atoms with Crippen LogP contribution in [0.1, 0.15) is 56.1 Å². The third kappa shape index (κ3) is 6.81. The molecule has 1 unspecified atom stereocenters. The SMILES string of the molecule is CC(CCNC(=O)OCC1c2ccccc2-c2ccccc21)C(=O)NCCCCCC(=O)O. The molecule has 2 aromatic rings. The van der Waals surface area contributed by atoms with Crippen LogP contribution in [0, 0.1) is 5.92 Å². The molecule has 33 heavy (non-hydrogen) atoms. The number of alkyl carbamates (subject to hydrolysis) is 1. The Balaban J connectivity index is 1.35. The highest BCUT2D eigenvalue weighted by Crippen LogP contribution is 2.44. The summed E-state index contributed by atoms with van der Waals surface area (Å²) in [5.41, 5.74) is 4.70. The minimum Gasteiger partial charge on any atom is -0.481 e. The van der Waals surface area contributed by atoms with Crippen LogP contribution in [0.5, 0.6) is 0 Å². The van der Waals surface area contributed by atoms with Crippen molar-refractivity contribution in [1.82, 2.24) is 10.6 Å². The average Bonchev–Trinajstić information content (AvgIpc) is 3.13. The van der Waals surface area contributed by atoms with Gasteiger partial charge in [-0.05, 0) is 41.5 Å². The summed E-state index contributed by atoms with van der Waals surface area (Å²) in [6, 6.07) is 16.4. The molecule has 3 rings (SSSR count). The Kier molecular flexibility index (Phi) is 8.87. The monoisotopic (exact) mass is 452 g/mol. The number of benzene rings is 2. The van der Waals surface area contributed by atoms with Crippen molar-refractivity contribution in [3.8, 4) is 11.1 Å². The van der Waals surface area contributed by atoms with E-state index in [2.05, 4.69) is 34.9 Å². The molecule has 1 atom stereocenters. The summed E-state index contributed by atoms with van der Waals surface area (Å²) in [5.74, 6) is -1.08. The predicted molar refractivity (Wildman–Crippen MR) is 126 cm³/mol. The van der Waals surface area contributed by atoms with Gasteiger partial charge in [-0.15, -0.1) is 0 Å². The second-order valence-corrected chi connectivity index (χ2v) is 8.44. The summed E-state index contributed by atoms with van der Waals surface area (Å²) in [5, 5.41) is 14.2. The third-order valence-corrected chi connectivity index (χ3v) is 6.00. The van der Waals surface area contributed by atoms with Crippen molar-refractivity contribution in [2.45, 2.75) is 44.9 Å². The molecule has 0 radical (unpaired) electrons. The van der Waals surface area contributed by atoms with Crippen molar-refractivity contribution in [2.24, 2.45) is 5.92 Å². The molecule has 2 amide bonds. The number of hydrogen-bond acceptors (Lipinski definition) is 4. The Hall–Kier alpha value is -3.35. The molecule has 0 bridgehead atoms. The van der Waals surface area contributed by atoms with Crippen LogP contribution >= 0.6 is 0 Å². The zero-order chi connectivity index (χ0) is 23.6. The van der Waals surface area contributed by atoms with Crippen LogP contribution in [-0.2, 0) is 14.3 Å². The fourth-order valence-electron chi connectivity index (χ4n) is 4.14. The minimum absolute atomic E-state index is 0.0170. The lowest BCUT2D eigenvalue weighted by molar-refractivity contribution is -0.137. The van der Waals surface area contributed by atoms with E-state index in [1.54, 1.807) is 0 Å². The van der Waals surface area contributed by atoms with E-state index in [0.29, 0.717) is 25.9 Å². The number of carbonyl (C=O) groups is 3. The topological polar surface area (TPSA) is 105 Å². The van der Waals surface area contributed by atoms with Crippen LogP contribution < -0.4 is 10.6 Å². The average molecular weight is 453 g/mol. The summed E-state index contributed by atoms with van der Waals surface area (Å²) in [7, 11) is 0. The first-order valence-corrected chi connectivity index (χ1v) is 11.6. The smallest absolute Gasteiger partial charge is 0.407 e. The molecule has 0 spiro atoms. The number of carboxylic acids is 1. The largest absolute Gasteiger partial charge is 0.481 e. The van der Waals surface area contributed by atoms with E-state index in [9.17, 15) is 14.4 Å². The number of hydrogen-bond donors (Lipinski definition) is 3. The molecule has 176 valence electrons. The van der Waals surface area contributed by atoms with Gasteiger partial charge in [0.15, 0.2) is 0 Å². The molecule has 0 aromatic heterocycles. The summed E-state index contributed by atoms with van der Waals surface area (Å²) in [6.45, 7) is 2.96. The molecule has 7 nitrogen and oxygen atoms in total. The minimum atomic E-state index is -0.795. The fourth-order valence-corrected chi connectivity index (χ4v) is 4.14. The number of unbranched alkanes of at least 4 members (excludes halogenated alkanes) is 2. The predicted octanol–water partition coefficient (Wildman–Crippen LogP) is 4.31. The van der Waals surface area contributed by atoms with Crippen LogP contribution in [0.2, 0.25) is 0 Å². The zero-order valence-electron chi connectivity index (χ0n) is 19.0. The van der Waals surface area contributed by atoms with Gasteiger partial charge in [-0.25, -0.2) is 4.79 Å². The summed E-state index contributed by atoms with van der Waals surface area (Å²) in [4.78, 5) is 34.8. The van der Waals surface area contributed by atoms with E-state index in [0.717, 1.165) is 12.8 Å². The lowest BCUT2D eigenvalue weighted by atomic mass is 9.98. The van der Waals surface area contributed by atoms with E-state index >= 15 is 0 Å². The molecule has 1 aliphatic rings. The lowest BCUT2D eigenvalue weighted by Gasteiger charge is -2.15. The number of rotatable bonds is 12. The maximum atomic E-state index is 12.2. The molecule has 0 saturated carbocycles. The van der Waals surface area contributed by atoms with E-state index in [-0.39, 0.29) is 30.8 Å². The van der Waals surface area contributed by atoms with Crippen LogP contribution in [0.25, 0.3) is 11.1 Å². The first kappa shape index (κ1) is 24.3. The van der Waals surface area contributed by atoms with Crippen LogP contribution in [0.15, 0.2) is 48.5 Å². The molecule has 0 saturated heterocycles. The molecule has 1 aliphatic carbocycles. The Labute approximate surface area is 194 Å². The molecule has 7 heteroatoms. The highest BCUT2D eigenvalue weighted by Gasteiger charge is 2.29. The quantitative estimate of drug-likeness (QED) is 0.416. The van der Waals surface area contributed by atoms with Crippen molar-refractivity contribution >= 4 is 18.0 Å². The van der Waals surface area contributed by atoms with E-state index < -0.39 is 12.1 Å². The van der Waals surface area contributed by atoms with Gasteiger partial charge in [0.2, 0.25) is 5.91 Å². The van der Waals surface area contributed by atoms with Crippen molar-refractivity contribution in [1.29, 1.82) is 0 Å². The molecule has 3 N–H and O–H groups in total. The van der Waals surface area contributed by atoms with Crippen molar-refractivity contribution in [3.05, 3.63) is 59.7 Å². The van der Waals surface area contributed by atoms with Gasteiger partial charge in [0, 0.05) is 31.3 Å². The number of ether oxygens (including phenoxy) is 1. The van der Waals surface area contributed by atoms with Crippen molar-refractivity contribution in [3.63, 3.8) is 0 Å². The highest BCUT2D eigenvalue weighted by molar-refractivity contribution is 5.79. The van der Waals surface area contributed by atoms with Gasteiger partial charge in [-0.1, -0.05) is 61.9 Å². The standard InChI is InChI=1S/C26H32N2O5/c1-18(25(31)27-15-8-2-3-13-24(29)30)14-16-28-26(32)33-17-23-21-11-6-4-9-19(21)20-10-5-7-12-22(20)23/h4-7,9-12,18,23H,2-3,8,13-17H2,1H3,(H,27,31)(H,28,32)(H,29,30). The third-order valence-electron chi connectivity index (χ3n) is 6.00. The maximum Gasteiger partial charge on any atom is 0.407 e. The van der Waals surface area contributed by atoms with Gasteiger partial charge in [-0.2, -0.15) is 0 Å². The lowest BCUT2D eigenvalue weighted by Crippen LogP contribution is -2.33. The maximum absolute atomic E-state index is 12.2. The van der Waals surface area contributed by atoms with E-state index in [4.69, 9.17) is 9.84 Å². The van der Waals surface area contributed by atoms with E-state index in [1.165, 1.54) is 22.3 Å². The first-order valence-electron chi connectivity index (χ1n) is 11.6. The van der Waals surface area contributed by atoms with Gasteiger partial charge in [0.05, 0.1) is 0 Å². The Morgan fingerprint density at radius 2 is 1.55 bits per heavy atom. The fraction of sp³-hybridized carbons (Fsp3) is 0.423. The molecular formula is C26H32N2O5. The molecule has 0 fully saturated rings. The number of aliphatic carboxylic acids is 1. The normalized spacial score (nSPS) is 13.0. The van der Waals surface area contributed by atoms with Crippen molar-refractivity contribution < 1.29 is 24.2 Å². The number of fused-ring (bicyclic) bond motifs is 3. The van der Waals surface area contributed by atoms with Crippen LogP contribution in [-0.4, -0.2) is 42.8 Å². The summed E-state index contributed by atoms with van der Waals surface area (Å²) >= 11 is 0. The van der Waals surface area contributed by atoms with Crippen LogP contribution in [0.4, 0.5) is 4.79 Å². The first-order chi connectivity index (χ1) is 16.0. The zero-order valence-corrected chi connectivity index (χ0v) is 19.0. The molecular weight excluding hydrogens is 420 g/mol. The molecule has 0 aliphatic heterocycles. The number of carbonyl (C=O) groups excluding carboxylic acids is 2. The Morgan fingerprint density at radius 3 is 2.18 bits per heavy atom. The number of nitrogens with one attached hydrogen (secondary N) is 2. The van der Waals surface area contributed by atoms with Crippen LogP contribution in [0.3, 0.4) is 0 Å². The second-order valence-electron chi connectivity index (χ2n) is 8.44. The van der Waals surface area contributed by atoms with Gasteiger partial charge in [0.25, 0.3) is 0 Å². The number of carboxylic acid groups (broad SMARTS) is 1. The molecule has 2 aromatic carbocycles. The van der Waals surface area contributed by atoms with E-state index in [1.807, 2.05) is 31.2 Å². The van der Waals surface area contributed by atoms with Gasteiger partial charge in [-0.3, -0.25) is 9.59 Å². The Bertz CT molecular complexity index is 929. The van der Waals surface area contributed by atoms with Crippen molar-refractivity contribution in [2.75, 3.05) is 19.7 Å². The molecule has 0 heterocycles. The highest BCUT2D eigenvalue weighted by atomic mass is 16.5. The van der Waals surface area contributed by atoms with Gasteiger partial charge in [0.1, 0.15) is 6.61 Å². The van der Waals surface area contributed by atoms with Gasteiger partial charge < -0.3 is 20.5 Å². The van der Waals surface area contributed by atoms with Gasteiger partial charge >= 0.3 is 12.1 Å². The number of amides is 2. The summed E-state index contributed by atoms with van der Waals surface area (Å²) in [6.07, 6.45) is 2.32. The second kappa shape index (κ2) is 12.0.